The number of ether oxygens (including phenoxy) is 2. The second-order valence-corrected chi connectivity index (χ2v) is 6.58. The van der Waals surface area contributed by atoms with Crippen LogP contribution in [0.25, 0.3) is 6.08 Å². The molecule has 0 aromatic heterocycles. The molecule has 2 rings (SSSR count). The minimum Gasteiger partial charge on any atom is -0.496 e. The van der Waals surface area contributed by atoms with Gasteiger partial charge in [-0.3, -0.25) is 4.79 Å². The summed E-state index contributed by atoms with van der Waals surface area (Å²) in [6.45, 7) is 4.25. The predicted octanol–water partition coefficient (Wildman–Crippen LogP) is 4.91. The van der Waals surface area contributed by atoms with Crippen molar-refractivity contribution in [1.29, 1.82) is 0 Å². The van der Waals surface area contributed by atoms with Crippen LogP contribution in [0.1, 0.15) is 41.3 Å². The maximum atomic E-state index is 12.2. The zero-order valence-electron chi connectivity index (χ0n) is 15.7. The first-order valence-corrected chi connectivity index (χ1v) is 8.78. The lowest BCUT2D eigenvalue weighted by Crippen LogP contribution is -2.10. The zero-order valence-corrected chi connectivity index (χ0v) is 16.5. The topological polar surface area (TPSA) is 64.6 Å². The van der Waals surface area contributed by atoms with E-state index in [1.54, 1.807) is 6.08 Å². The van der Waals surface area contributed by atoms with Crippen LogP contribution < -0.4 is 10.1 Å². The number of nitrogens with one attached hydrogen (secondary N) is 1. The molecule has 0 saturated heterocycles. The first-order chi connectivity index (χ1) is 12.8. The van der Waals surface area contributed by atoms with Crippen molar-refractivity contribution in [3.8, 4) is 5.75 Å². The van der Waals surface area contributed by atoms with E-state index in [2.05, 4.69) is 23.9 Å². The van der Waals surface area contributed by atoms with Gasteiger partial charge in [-0.1, -0.05) is 49.7 Å². The van der Waals surface area contributed by atoms with E-state index >= 15 is 0 Å². The van der Waals surface area contributed by atoms with E-state index in [1.807, 2.05) is 24.3 Å². The minimum absolute atomic E-state index is 0.184. The van der Waals surface area contributed by atoms with Gasteiger partial charge in [-0.15, -0.1) is 0 Å². The number of carbonyl (C=O) groups excluding carboxylic acids is 2. The van der Waals surface area contributed by atoms with E-state index in [9.17, 15) is 9.59 Å². The quantitative estimate of drug-likeness (QED) is 0.565. The fourth-order valence-electron chi connectivity index (χ4n) is 2.43. The third kappa shape index (κ3) is 5.34. The van der Waals surface area contributed by atoms with Crippen molar-refractivity contribution in [3.63, 3.8) is 0 Å². The monoisotopic (exact) mass is 387 g/mol. The molecule has 27 heavy (non-hydrogen) atoms. The van der Waals surface area contributed by atoms with Crippen molar-refractivity contribution >= 4 is 35.2 Å². The molecule has 0 aliphatic rings. The maximum absolute atomic E-state index is 12.2. The van der Waals surface area contributed by atoms with Crippen LogP contribution in [0.4, 0.5) is 5.69 Å². The lowest BCUT2D eigenvalue weighted by Gasteiger charge is -2.11. The maximum Gasteiger partial charge on any atom is 0.341 e. The van der Waals surface area contributed by atoms with E-state index < -0.39 is 5.97 Å². The molecule has 1 N–H and O–H groups in total. The van der Waals surface area contributed by atoms with Crippen LogP contribution in [-0.2, 0) is 9.53 Å². The van der Waals surface area contributed by atoms with E-state index in [4.69, 9.17) is 16.3 Å². The number of hydrogen-bond acceptors (Lipinski definition) is 4. The molecule has 0 atom stereocenters. The van der Waals surface area contributed by atoms with Gasteiger partial charge in [0.1, 0.15) is 11.3 Å². The molecule has 0 saturated carbocycles. The Morgan fingerprint density at radius 2 is 1.78 bits per heavy atom. The summed E-state index contributed by atoms with van der Waals surface area (Å²) < 4.78 is 9.87. The smallest absolute Gasteiger partial charge is 0.341 e. The predicted molar refractivity (Wildman–Crippen MR) is 108 cm³/mol. The summed E-state index contributed by atoms with van der Waals surface area (Å²) in [4.78, 5) is 23.9. The van der Waals surface area contributed by atoms with Crippen LogP contribution in [-0.4, -0.2) is 26.1 Å². The van der Waals surface area contributed by atoms with Gasteiger partial charge in [-0.25, -0.2) is 4.79 Å². The van der Waals surface area contributed by atoms with Crippen molar-refractivity contribution < 1.29 is 19.1 Å². The highest BCUT2D eigenvalue weighted by atomic mass is 35.5. The standard InChI is InChI=1S/C21H22ClNO4/c1-13(2)15-8-5-14(6-9-15)7-10-20(24)23-18-12-19(26-3)16(11-17(18)22)21(25)27-4/h5-13H,1-4H3,(H,23,24)/b10-7+. The summed E-state index contributed by atoms with van der Waals surface area (Å²) in [5.41, 5.74) is 2.68. The number of halogens is 1. The van der Waals surface area contributed by atoms with Gasteiger partial charge < -0.3 is 14.8 Å². The Kier molecular flexibility index (Phi) is 7.02. The second kappa shape index (κ2) is 9.24. The lowest BCUT2D eigenvalue weighted by atomic mass is 10.0. The number of esters is 1. The highest BCUT2D eigenvalue weighted by Gasteiger charge is 2.17. The second-order valence-electron chi connectivity index (χ2n) is 6.17. The van der Waals surface area contributed by atoms with Crippen molar-refractivity contribution in [1.82, 2.24) is 0 Å². The van der Waals surface area contributed by atoms with Gasteiger partial charge in [0, 0.05) is 12.1 Å². The van der Waals surface area contributed by atoms with Gasteiger partial charge >= 0.3 is 5.97 Å². The number of amides is 1. The number of carbonyl (C=O) groups is 2. The Bertz CT molecular complexity index is 857. The van der Waals surface area contributed by atoms with E-state index in [0.717, 1.165) is 5.56 Å². The molecular formula is C21H22ClNO4. The highest BCUT2D eigenvalue weighted by Crippen LogP contribution is 2.31. The first-order valence-electron chi connectivity index (χ1n) is 8.40. The number of rotatable bonds is 6. The molecule has 0 spiro atoms. The Hall–Kier alpha value is -2.79. The van der Waals surface area contributed by atoms with Gasteiger partial charge in [0.15, 0.2) is 0 Å². The van der Waals surface area contributed by atoms with Crippen molar-refractivity contribution in [2.75, 3.05) is 19.5 Å². The molecule has 1 amide bonds. The van der Waals surface area contributed by atoms with Gasteiger partial charge in [0.2, 0.25) is 5.91 Å². The molecule has 5 nitrogen and oxygen atoms in total. The van der Waals surface area contributed by atoms with Crippen LogP contribution in [0.2, 0.25) is 5.02 Å². The SMILES string of the molecule is COC(=O)c1cc(Cl)c(NC(=O)/C=C/c2ccc(C(C)C)cc2)cc1OC. The van der Waals surface area contributed by atoms with Gasteiger partial charge in [-0.05, 0) is 29.2 Å². The molecule has 0 bridgehead atoms. The summed E-state index contributed by atoms with van der Waals surface area (Å²) in [5, 5.41) is 2.89. The normalized spacial score (nSPS) is 10.9. The molecule has 0 unspecified atom stereocenters. The summed E-state index contributed by atoms with van der Waals surface area (Å²) in [5.74, 6) is -0.208. The largest absolute Gasteiger partial charge is 0.496 e. The number of hydrogen-bond donors (Lipinski definition) is 1. The Labute approximate surface area is 163 Å². The van der Waals surface area contributed by atoms with Crippen molar-refractivity contribution in [3.05, 3.63) is 64.2 Å². The van der Waals surface area contributed by atoms with Crippen LogP contribution >= 0.6 is 11.6 Å². The summed E-state index contributed by atoms with van der Waals surface area (Å²) in [6, 6.07) is 10.9. The third-order valence-electron chi connectivity index (χ3n) is 3.98. The van der Waals surface area contributed by atoms with Crippen molar-refractivity contribution in [2.24, 2.45) is 0 Å². The zero-order chi connectivity index (χ0) is 20.0. The fourth-order valence-corrected chi connectivity index (χ4v) is 2.64. The molecule has 2 aromatic rings. The van der Waals surface area contributed by atoms with E-state index in [0.29, 0.717) is 11.6 Å². The van der Waals surface area contributed by atoms with Crippen LogP contribution in [0, 0.1) is 0 Å². The molecule has 142 valence electrons. The van der Waals surface area contributed by atoms with E-state index in [1.165, 1.54) is 38.0 Å². The Morgan fingerprint density at radius 1 is 1.11 bits per heavy atom. The summed E-state index contributed by atoms with van der Waals surface area (Å²) in [7, 11) is 2.69. The highest BCUT2D eigenvalue weighted by molar-refractivity contribution is 6.34. The average Bonchev–Trinajstić information content (AvgIpc) is 2.67. The molecular weight excluding hydrogens is 366 g/mol. The van der Waals surface area contributed by atoms with Gasteiger partial charge in [-0.2, -0.15) is 0 Å². The van der Waals surface area contributed by atoms with Gasteiger partial charge in [0.25, 0.3) is 0 Å². The third-order valence-corrected chi connectivity index (χ3v) is 4.30. The van der Waals surface area contributed by atoms with Crippen LogP contribution in [0.3, 0.4) is 0 Å². The molecule has 0 aliphatic carbocycles. The molecule has 2 aromatic carbocycles. The molecule has 6 heteroatoms. The number of methoxy groups -OCH3 is 2. The summed E-state index contributed by atoms with van der Waals surface area (Å²) >= 11 is 6.17. The Morgan fingerprint density at radius 3 is 2.33 bits per heavy atom. The molecule has 0 heterocycles. The molecule has 0 radical (unpaired) electrons. The summed E-state index contributed by atoms with van der Waals surface area (Å²) in [6.07, 6.45) is 3.13. The lowest BCUT2D eigenvalue weighted by molar-refractivity contribution is -0.111. The average molecular weight is 388 g/mol. The van der Waals surface area contributed by atoms with Crippen molar-refractivity contribution in [2.45, 2.75) is 19.8 Å². The number of anilines is 1. The first kappa shape index (κ1) is 20.5. The van der Waals surface area contributed by atoms with Crippen LogP contribution in [0.5, 0.6) is 5.75 Å². The van der Waals surface area contributed by atoms with E-state index in [-0.39, 0.29) is 22.2 Å². The molecule has 0 fully saturated rings. The van der Waals surface area contributed by atoms with Gasteiger partial charge in [0.05, 0.1) is 24.9 Å². The number of benzene rings is 2. The fraction of sp³-hybridized carbons (Fsp3) is 0.238. The minimum atomic E-state index is -0.573. The molecule has 0 aliphatic heterocycles. The Balaban J connectivity index is 2.14. The van der Waals surface area contributed by atoms with Crippen LogP contribution in [0.15, 0.2) is 42.5 Å².